The average molecular weight is 494 g/mol. The molecule has 2 aromatic rings. The SMILES string of the molecule is C[C@@]1(c2cc(NC(=O)c3ccc(OCC(F)(F)F)cn3)ccc2F)C[C@@H](C(F)(F)F)N=C(N)O1. The minimum atomic E-state index is -4.74. The molecule has 2 atom stereocenters. The molecule has 3 rings (SSSR count). The fourth-order valence-corrected chi connectivity index (χ4v) is 3.19. The van der Waals surface area contributed by atoms with Crippen LogP contribution in [0.25, 0.3) is 0 Å². The zero-order valence-electron chi connectivity index (χ0n) is 17.3. The van der Waals surface area contributed by atoms with Gasteiger partial charge >= 0.3 is 12.4 Å². The lowest BCUT2D eigenvalue weighted by molar-refractivity contribution is -0.164. The Bertz CT molecular complexity index is 1090. The number of carbonyl (C=O) groups is 1. The smallest absolute Gasteiger partial charge is 0.422 e. The number of carbonyl (C=O) groups excluding carboxylic acids is 1. The number of nitrogens with two attached hydrogens (primary N) is 1. The number of amidine groups is 1. The Morgan fingerprint density at radius 2 is 1.94 bits per heavy atom. The summed E-state index contributed by atoms with van der Waals surface area (Å²) in [5.41, 5.74) is 3.03. The third-order valence-corrected chi connectivity index (χ3v) is 4.74. The third kappa shape index (κ3) is 6.05. The zero-order valence-corrected chi connectivity index (χ0v) is 17.3. The van der Waals surface area contributed by atoms with E-state index in [9.17, 15) is 35.5 Å². The topological polar surface area (TPSA) is 98.8 Å². The summed E-state index contributed by atoms with van der Waals surface area (Å²) in [7, 11) is 0. The second-order valence-electron chi connectivity index (χ2n) is 7.49. The van der Waals surface area contributed by atoms with Crippen molar-refractivity contribution in [2.75, 3.05) is 11.9 Å². The van der Waals surface area contributed by atoms with Gasteiger partial charge in [0.25, 0.3) is 11.9 Å². The largest absolute Gasteiger partial charge is 0.483 e. The van der Waals surface area contributed by atoms with Crippen LogP contribution >= 0.6 is 0 Å². The van der Waals surface area contributed by atoms with E-state index in [2.05, 4.69) is 20.0 Å². The minimum absolute atomic E-state index is 0.00457. The summed E-state index contributed by atoms with van der Waals surface area (Å²) < 4.78 is 101. The predicted octanol–water partition coefficient (Wildman–Crippen LogP) is 4.30. The van der Waals surface area contributed by atoms with Crippen LogP contribution in [0.2, 0.25) is 0 Å². The quantitative estimate of drug-likeness (QED) is 0.605. The van der Waals surface area contributed by atoms with Gasteiger partial charge in [-0.25, -0.2) is 14.4 Å². The Hall–Kier alpha value is -3.58. The molecule has 0 unspecified atom stereocenters. The van der Waals surface area contributed by atoms with Gasteiger partial charge < -0.3 is 20.5 Å². The number of amides is 1. The summed E-state index contributed by atoms with van der Waals surface area (Å²) in [6, 6.07) is 2.38. The average Bonchev–Trinajstić information content (AvgIpc) is 2.72. The monoisotopic (exact) mass is 494 g/mol. The van der Waals surface area contributed by atoms with Crippen molar-refractivity contribution >= 4 is 17.6 Å². The molecule has 0 bridgehead atoms. The summed E-state index contributed by atoms with van der Waals surface area (Å²) >= 11 is 0. The molecule has 1 aliphatic heterocycles. The van der Waals surface area contributed by atoms with Gasteiger partial charge in [0, 0.05) is 17.7 Å². The van der Waals surface area contributed by atoms with E-state index < -0.39 is 54.8 Å². The predicted molar refractivity (Wildman–Crippen MR) is 105 cm³/mol. The van der Waals surface area contributed by atoms with Crippen molar-refractivity contribution in [1.82, 2.24) is 4.98 Å². The first kappa shape index (κ1) is 25.1. The van der Waals surface area contributed by atoms with Crippen LogP contribution in [-0.4, -0.2) is 41.9 Å². The number of benzene rings is 1. The summed E-state index contributed by atoms with van der Waals surface area (Å²) in [5, 5.41) is 2.38. The molecule has 1 aliphatic rings. The van der Waals surface area contributed by atoms with E-state index in [0.717, 1.165) is 36.5 Å². The fourth-order valence-electron chi connectivity index (χ4n) is 3.19. The number of pyridine rings is 1. The first-order valence-corrected chi connectivity index (χ1v) is 9.52. The van der Waals surface area contributed by atoms with Crippen LogP contribution in [0.3, 0.4) is 0 Å². The molecule has 0 saturated heterocycles. The van der Waals surface area contributed by atoms with Crippen LogP contribution in [-0.2, 0) is 10.3 Å². The van der Waals surface area contributed by atoms with Crippen LogP contribution in [0, 0.1) is 5.82 Å². The first-order chi connectivity index (χ1) is 15.7. The molecule has 3 N–H and O–H groups in total. The molecular weight excluding hydrogens is 477 g/mol. The van der Waals surface area contributed by atoms with Crippen molar-refractivity contribution in [3.05, 3.63) is 53.6 Å². The molecule has 1 amide bonds. The number of hydrogen-bond acceptors (Lipinski definition) is 6. The van der Waals surface area contributed by atoms with Crippen LogP contribution in [0.5, 0.6) is 5.75 Å². The molecule has 0 fully saturated rings. The highest BCUT2D eigenvalue weighted by Crippen LogP contribution is 2.41. The minimum Gasteiger partial charge on any atom is -0.483 e. The van der Waals surface area contributed by atoms with E-state index in [1.54, 1.807) is 0 Å². The van der Waals surface area contributed by atoms with Gasteiger partial charge in [-0.2, -0.15) is 26.3 Å². The maximum absolute atomic E-state index is 14.6. The Morgan fingerprint density at radius 3 is 2.53 bits per heavy atom. The lowest BCUT2D eigenvalue weighted by atomic mass is 9.87. The number of nitrogens with one attached hydrogen (secondary N) is 1. The van der Waals surface area contributed by atoms with E-state index >= 15 is 0 Å². The van der Waals surface area contributed by atoms with Crippen molar-refractivity contribution < 1.29 is 45.0 Å². The number of ether oxygens (including phenoxy) is 2. The number of alkyl halides is 6. The van der Waals surface area contributed by atoms with Gasteiger partial charge in [-0.15, -0.1) is 0 Å². The summed E-state index contributed by atoms with van der Waals surface area (Å²) in [5.74, 6) is -1.94. The Labute approximate surface area is 187 Å². The maximum Gasteiger partial charge on any atom is 0.422 e. The fraction of sp³-hybridized carbons (Fsp3) is 0.350. The Balaban J connectivity index is 1.78. The van der Waals surface area contributed by atoms with E-state index in [-0.39, 0.29) is 22.7 Å². The molecule has 7 nitrogen and oxygen atoms in total. The van der Waals surface area contributed by atoms with Gasteiger partial charge in [-0.05, 0) is 37.3 Å². The molecule has 34 heavy (non-hydrogen) atoms. The maximum atomic E-state index is 14.6. The summed E-state index contributed by atoms with van der Waals surface area (Å²) in [6.07, 6.45) is -9.13. The lowest BCUT2D eigenvalue weighted by Crippen LogP contribution is -2.46. The molecule has 0 spiro atoms. The van der Waals surface area contributed by atoms with E-state index in [0.29, 0.717) is 0 Å². The first-order valence-electron chi connectivity index (χ1n) is 9.52. The Kier molecular flexibility index (Phi) is 6.62. The highest BCUT2D eigenvalue weighted by molar-refractivity contribution is 6.02. The molecule has 0 radical (unpaired) electrons. The van der Waals surface area contributed by atoms with Crippen LogP contribution in [0.4, 0.5) is 36.4 Å². The number of hydrogen-bond donors (Lipinski definition) is 2. The molecule has 14 heteroatoms. The zero-order chi connectivity index (χ0) is 25.3. The van der Waals surface area contributed by atoms with Gasteiger partial charge in [-0.1, -0.05) is 0 Å². The van der Waals surface area contributed by atoms with Crippen LogP contribution < -0.4 is 15.8 Å². The van der Waals surface area contributed by atoms with Crippen molar-refractivity contribution in [2.24, 2.45) is 10.7 Å². The summed E-state index contributed by atoms with van der Waals surface area (Å²) in [4.78, 5) is 19.4. The number of halogens is 7. The van der Waals surface area contributed by atoms with E-state index in [1.807, 2.05) is 0 Å². The number of anilines is 1. The number of rotatable bonds is 5. The molecule has 2 heterocycles. The molecule has 0 saturated carbocycles. The normalized spacial score (nSPS) is 20.8. The molecular formula is C20H17F7N4O3. The summed E-state index contributed by atoms with van der Waals surface area (Å²) in [6.45, 7) is -0.331. The highest BCUT2D eigenvalue weighted by atomic mass is 19.4. The highest BCUT2D eigenvalue weighted by Gasteiger charge is 2.49. The number of aromatic nitrogens is 1. The van der Waals surface area contributed by atoms with Crippen molar-refractivity contribution in [3.8, 4) is 5.75 Å². The standard InChI is InChI=1S/C20H17F7N4O3/c1-18(7-15(20(25,26)27)31-17(28)34-18)12-6-10(2-4-13(12)21)30-16(32)14-5-3-11(8-29-14)33-9-19(22,23)24/h2-6,8,15H,7,9H2,1H3,(H2,28,31)(H,30,32)/t15-,18-/m0/s1. The van der Waals surface area contributed by atoms with Crippen molar-refractivity contribution in [3.63, 3.8) is 0 Å². The molecule has 184 valence electrons. The van der Waals surface area contributed by atoms with Crippen molar-refractivity contribution in [2.45, 2.75) is 37.3 Å². The van der Waals surface area contributed by atoms with E-state index in [1.165, 1.54) is 6.92 Å². The number of nitrogens with zero attached hydrogens (tertiary/aromatic N) is 2. The Morgan fingerprint density at radius 1 is 1.24 bits per heavy atom. The van der Waals surface area contributed by atoms with Crippen LogP contribution in [0.15, 0.2) is 41.5 Å². The van der Waals surface area contributed by atoms with Gasteiger partial charge in [0.1, 0.15) is 22.9 Å². The molecule has 0 aliphatic carbocycles. The second kappa shape index (κ2) is 8.99. The van der Waals surface area contributed by atoms with E-state index in [4.69, 9.17) is 10.5 Å². The van der Waals surface area contributed by atoms with Crippen molar-refractivity contribution in [1.29, 1.82) is 0 Å². The lowest BCUT2D eigenvalue weighted by Gasteiger charge is -2.37. The van der Waals surface area contributed by atoms with Crippen LogP contribution in [0.1, 0.15) is 29.4 Å². The van der Waals surface area contributed by atoms with Gasteiger partial charge in [-0.3, -0.25) is 4.79 Å². The molecule has 1 aromatic heterocycles. The molecule has 1 aromatic carbocycles. The third-order valence-electron chi connectivity index (χ3n) is 4.74. The van der Waals surface area contributed by atoms with Gasteiger partial charge in [0.15, 0.2) is 12.6 Å². The second-order valence-corrected chi connectivity index (χ2v) is 7.49. The number of aliphatic imine (C=N–C) groups is 1. The van der Waals surface area contributed by atoms with Gasteiger partial charge in [0.05, 0.1) is 6.20 Å². The van der Waals surface area contributed by atoms with Gasteiger partial charge in [0.2, 0.25) is 0 Å².